The van der Waals surface area contributed by atoms with Gasteiger partial charge in [-0.15, -0.1) is 0 Å². The van der Waals surface area contributed by atoms with Crippen molar-refractivity contribution in [3.8, 4) is 0 Å². The number of carbonyl (C=O) groups excluding carboxylic acids is 1. The van der Waals surface area contributed by atoms with Gasteiger partial charge in [0.2, 0.25) is 0 Å². The van der Waals surface area contributed by atoms with E-state index in [2.05, 4.69) is 0 Å². The van der Waals surface area contributed by atoms with Crippen molar-refractivity contribution in [1.29, 1.82) is 0 Å². The molecule has 1 amide bonds. The number of likely N-dealkylation sites (tertiary alicyclic amines) is 1. The number of halogens is 4. The summed E-state index contributed by atoms with van der Waals surface area (Å²) in [6.07, 6.45) is -4.19. The average molecular weight is 188 g/mol. The number of amides is 1. The lowest BCUT2D eigenvalue weighted by Gasteiger charge is -2.38. The summed E-state index contributed by atoms with van der Waals surface area (Å²) < 4.78 is 35.3. The Morgan fingerprint density at radius 1 is 1.45 bits per heavy atom. The molecule has 1 fully saturated rings. The molecule has 0 aromatic carbocycles. The third kappa shape index (κ3) is 1.77. The van der Waals surface area contributed by atoms with Gasteiger partial charge in [-0.1, -0.05) is 0 Å². The van der Waals surface area contributed by atoms with Gasteiger partial charge in [0.15, 0.2) is 0 Å². The highest BCUT2D eigenvalue weighted by Crippen LogP contribution is 2.33. The number of hydrogen-bond donors (Lipinski definition) is 0. The summed E-state index contributed by atoms with van der Waals surface area (Å²) in [4.78, 5) is 11.2. The molecule has 1 aliphatic rings. The van der Waals surface area contributed by atoms with Gasteiger partial charge in [-0.2, -0.15) is 13.2 Å². The Balaban J connectivity index is 2.35. The van der Waals surface area contributed by atoms with Gasteiger partial charge >= 0.3 is 11.5 Å². The van der Waals surface area contributed by atoms with Crippen LogP contribution in [-0.4, -0.2) is 29.5 Å². The third-order valence-corrected chi connectivity index (χ3v) is 1.83. The van der Waals surface area contributed by atoms with Crippen LogP contribution in [0.25, 0.3) is 0 Å². The molecule has 0 bridgehead atoms. The first-order valence-corrected chi connectivity index (χ1v) is 3.30. The molecule has 0 spiro atoms. The van der Waals surface area contributed by atoms with Crippen LogP contribution in [0.2, 0.25) is 0 Å². The van der Waals surface area contributed by atoms with Crippen molar-refractivity contribution < 1.29 is 18.0 Å². The highest BCUT2D eigenvalue weighted by molar-refractivity contribution is 6.62. The van der Waals surface area contributed by atoms with E-state index in [1.165, 1.54) is 0 Å². The van der Waals surface area contributed by atoms with E-state index in [-0.39, 0.29) is 13.1 Å². The Morgan fingerprint density at radius 2 is 1.91 bits per heavy atom. The minimum atomic E-state index is -4.19. The molecule has 0 unspecified atom stereocenters. The Kier molecular flexibility index (Phi) is 2.00. The SMILES string of the molecule is O=C(Cl)N1CC(C(F)(F)F)C1. The fourth-order valence-corrected chi connectivity index (χ4v) is 0.967. The van der Waals surface area contributed by atoms with Gasteiger partial charge in [0.25, 0.3) is 0 Å². The van der Waals surface area contributed by atoms with Gasteiger partial charge < -0.3 is 4.90 Å². The lowest BCUT2D eigenvalue weighted by atomic mass is 10.0. The molecule has 0 aromatic heterocycles. The van der Waals surface area contributed by atoms with Crippen LogP contribution in [0.5, 0.6) is 0 Å². The standard InChI is InChI=1S/C5H5ClF3NO/c6-4(11)10-1-3(2-10)5(7,8)9/h3H,1-2H2. The van der Waals surface area contributed by atoms with Crippen molar-refractivity contribution in [2.45, 2.75) is 6.18 Å². The summed E-state index contributed by atoms with van der Waals surface area (Å²) in [5.41, 5.74) is 0. The van der Waals surface area contributed by atoms with E-state index in [1.807, 2.05) is 0 Å². The van der Waals surface area contributed by atoms with E-state index < -0.39 is 17.5 Å². The topological polar surface area (TPSA) is 20.3 Å². The number of hydrogen-bond acceptors (Lipinski definition) is 1. The first-order valence-electron chi connectivity index (χ1n) is 2.92. The largest absolute Gasteiger partial charge is 0.395 e. The predicted molar refractivity (Wildman–Crippen MR) is 32.4 cm³/mol. The van der Waals surface area contributed by atoms with Crippen LogP contribution in [0.15, 0.2) is 0 Å². The molecule has 1 saturated heterocycles. The van der Waals surface area contributed by atoms with E-state index in [0.29, 0.717) is 0 Å². The average Bonchev–Trinajstić information content (AvgIpc) is 1.51. The molecule has 0 radical (unpaired) electrons. The zero-order chi connectivity index (χ0) is 8.65. The van der Waals surface area contributed by atoms with Crippen LogP contribution in [0.3, 0.4) is 0 Å². The highest BCUT2D eigenvalue weighted by Gasteiger charge is 2.48. The Hall–Kier alpha value is -0.450. The fraction of sp³-hybridized carbons (Fsp3) is 0.800. The predicted octanol–water partition coefficient (Wildman–Crippen LogP) is 1.84. The molecule has 0 saturated carbocycles. The van der Waals surface area contributed by atoms with Crippen molar-refractivity contribution in [3.05, 3.63) is 0 Å². The van der Waals surface area contributed by atoms with Gasteiger partial charge in [0, 0.05) is 13.1 Å². The van der Waals surface area contributed by atoms with E-state index in [1.54, 1.807) is 0 Å². The number of alkyl halides is 3. The van der Waals surface area contributed by atoms with Crippen LogP contribution in [0.4, 0.5) is 18.0 Å². The molecule has 1 aliphatic heterocycles. The first-order chi connectivity index (χ1) is 4.91. The van der Waals surface area contributed by atoms with Crippen LogP contribution in [0.1, 0.15) is 0 Å². The van der Waals surface area contributed by atoms with E-state index >= 15 is 0 Å². The Bertz CT molecular complexity index is 175. The maximum absolute atomic E-state index is 11.8. The molecule has 2 nitrogen and oxygen atoms in total. The van der Waals surface area contributed by atoms with Crippen LogP contribution in [-0.2, 0) is 0 Å². The molecule has 0 atom stereocenters. The highest BCUT2D eigenvalue weighted by atomic mass is 35.5. The van der Waals surface area contributed by atoms with Gasteiger partial charge in [-0.3, -0.25) is 4.79 Å². The molecular weight excluding hydrogens is 183 g/mol. The molecule has 0 N–H and O–H groups in total. The summed E-state index contributed by atoms with van der Waals surface area (Å²) in [5, 5.41) is -0.814. The zero-order valence-corrected chi connectivity index (χ0v) is 6.11. The second-order valence-corrected chi connectivity index (χ2v) is 2.72. The Morgan fingerprint density at radius 3 is 2.18 bits per heavy atom. The van der Waals surface area contributed by atoms with Crippen molar-refractivity contribution in [3.63, 3.8) is 0 Å². The summed E-state index contributed by atoms with van der Waals surface area (Å²) in [5.74, 6) is -1.38. The van der Waals surface area contributed by atoms with Crippen LogP contribution >= 0.6 is 11.6 Å². The van der Waals surface area contributed by atoms with Crippen LogP contribution < -0.4 is 0 Å². The second kappa shape index (κ2) is 2.55. The number of nitrogens with zero attached hydrogens (tertiary/aromatic N) is 1. The quantitative estimate of drug-likeness (QED) is 0.419. The summed E-state index contributed by atoms with van der Waals surface area (Å²) in [7, 11) is 0. The summed E-state index contributed by atoms with van der Waals surface area (Å²) in [6, 6.07) is 0. The number of rotatable bonds is 0. The summed E-state index contributed by atoms with van der Waals surface area (Å²) >= 11 is 4.91. The minimum absolute atomic E-state index is 0.300. The van der Waals surface area contributed by atoms with Crippen LogP contribution in [0, 0.1) is 5.92 Å². The van der Waals surface area contributed by atoms with Crippen molar-refractivity contribution in [2.24, 2.45) is 5.92 Å². The molecule has 1 heterocycles. The fourth-order valence-electron chi connectivity index (χ4n) is 0.829. The number of carbonyl (C=O) groups is 1. The molecule has 64 valence electrons. The molecule has 1 rings (SSSR count). The normalized spacial score (nSPS) is 19.8. The van der Waals surface area contributed by atoms with Crippen molar-refractivity contribution >= 4 is 17.0 Å². The van der Waals surface area contributed by atoms with Gasteiger partial charge in [0.1, 0.15) is 0 Å². The lowest BCUT2D eigenvalue weighted by Crippen LogP contribution is -2.53. The Labute approximate surface area is 65.9 Å². The minimum Gasteiger partial charge on any atom is -0.328 e. The molecule has 11 heavy (non-hydrogen) atoms. The van der Waals surface area contributed by atoms with E-state index in [4.69, 9.17) is 11.6 Å². The lowest BCUT2D eigenvalue weighted by molar-refractivity contribution is -0.201. The van der Waals surface area contributed by atoms with Gasteiger partial charge in [-0.25, -0.2) is 0 Å². The smallest absolute Gasteiger partial charge is 0.328 e. The molecule has 0 aliphatic carbocycles. The van der Waals surface area contributed by atoms with E-state index in [0.717, 1.165) is 4.90 Å². The van der Waals surface area contributed by atoms with E-state index in [9.17, 15) is 18.0 Å². The van der Waals surface area contributed by atoms with Crippen molar-refractivity contribution in [2.75, 3.05) is 13.1 Å². The van der Waals surface area contributed by atoms with Crippen molar-refractivity contribution in [1.82, 2.24) is 4.90 Å². The maximum atomic E-state index is 11.8. The second-order valence-electron chi connectivity index (χ2n) is 2.40. The van der Waals surface area contributed by atoms with Gasteiger partial charge in [0.05, 0.1) is 5.92 Å². The molecule has 6 heteroatoms. The molecular formula is C5H5ClF3NO. The maximum Gasteiger partial charge on any atom is 0.395 e. The monoisotopic (exact) mass is 187 g/mol. The zero-order valence-electron chi connectivity index (χ0n) is 5.36. The third-order valence-electron chi connectivity index (χ3n) is 1.59. The molecule has 0 aromatic rings. The summed E-state index contributed by atoms with van der Waals surface area (Å²) in [6.45, 7) is -0.600. The first kappa shape index (κ1) is 8.64. The van der Waals surface area contributed by atoms with Gasteiger partial charge in [-0.05, 0) is 11.6 Å².